The lowest BCUT2D eigenvalue weighted by atomic mass is 9.97. The third kappa shape index (κ3) is 5.42. The van der Waals surface area contributed by atoms with Gasteiger partial charge in [-0.2, -0.15) is 0 Å². The topological polar surface area (TPSA) is 16.8 Å². The molecule has 0 unspecified atom stereocenters. The van der Waals surface area contributed by atoms with Crippen molar-refractivity contribution in [2.24, 2.45) is 5.92 Å². The molecule has 1 heterocycles. The van der Waals surface area contributed by atoms with Gasteiger partial charge in [0.05, 0.1) is 13.2 Å². The van der Waals surface area contributed by atoms with E-state index in [4.69, 9.17) is 11.3 Å². The summed E-state index contributed by atoms with van der Waals surface area (Å²) in [6.45, 7) is 17.8. The molecular formula is C24H30N2O. The number of piperidine rings is 1. The molecule has 27 heavy (non-hydrogen) atoms. The van der Waals surface area contributed by atoms with Crippen LogP contribution < -0.4 is 0 Å². The summed E-state index contributed by atoms with van der Waals surface area (Å²) < 4.78 is 6.08. The molecule has 1 aliphatic rings. The van der Waals surface area contributed by atoms with E-state index in [0.29, 0.717) is 24.3 Å². The molecule has 3 nitrogen and oxygen atoms in total. The zero-order valence-corrected chi connectivity index (χ0v) is 16.7. The molecular weight excluding hydrogens is 332 g/mol. The standard InChI is InChI=1S/C24H30N2O/c1-18(2)26-10-8-20(9-11-26)16-27-17-21-12-19(3)13-23(14-21)22-6-5-7-24(15-22)25-4/h5-7,12-15,18,20H,8-11,16-17H2,1-3H3. The largest absolute Gasteiger partial charge is 0.376 e. The average molecular weight is 363 g/mol. The first-order chi connectivity index (χ1) is 13.0. The van der Waals surface area contributed by atoms with Gasteiger partial charge in [-0.15, -0.1) is 0 Å². The van der Waals surface area contributed by atoms with Gasteiger partial charge in [0.15, 0.2) is 5.69 Å². The van der Waals surface area contributed by atoms with Gasteiger partial charge in [-0.1, -0.05) is 35.9 Å². The van der Waals surface area contributed by atoms with Crippen molar-refractivity contribution < 1.29 is 4.74 Å². The number of benzene rings is 2. The Morgan fingerprint density at radius 1 is 1.11 bits per heavy atom. The number of likely N-dealkylation sites (tertiary alicyclic amines) is 1. The van der Waals surface area contributed by atoms with Gasteiger partial charge in [-0.05, 0) is 81.4 Å². The van der Waals surface area contributed by atoms with Gasteiger partial charge in [-0.3, -0.25) is 0 Å². The smallest absolute Gasteiger partial charge is 0.187 e. The summed E-state index contributed by atoms with van der Waals surface area (Å²) in [4.78, 5) is 6.10. The summed E-state index contributed by atoms with van der Waals surface area (Å²) in [6, 6.07) is 15.0. The molecule has 0 aliphatic carbocycles. The van der Waals surface area contributed by atoms with Gasteiger partial charge in [0, 0.05) is 12.6 Å². The van der Waals surface area contributed by atoms with Gasteiger partial charge < -0.3 is 9.64 Å². The van der Waals surface area contributed by atoms with Crippen molar-refractivity contribution in [3.8, 4) is 11.1 Å². The van der Waals surface area contributed by atoms with E-state index in [1.165, 1.54) is 37.1 Å². The van der Waals surface area contributed by atoms with Gasteiger partial charge in [0.1, 0.15) is 0 Å². The molecule has 0 N–H and O–H groups in total. The Morgan fingerprint density at radius 3 is 2.59 bits per heavy atom. The number of hydrogen-bond acceptors (Lipinski definition) is 2. The summed E-state index contributed by atoms with van der Waals surface area (Å²) in [7, 11) is 0. The Bertz CT molecular complexity index is 798. The molecule has 3 heteroatoms. The van der Waals surface area contributed by atoms with Crippen molar-refractivity contribution >= 4 is 5.69 Å². The van der Waals surface area contributed by atoms with E-state index in [1.54, 1.807) is 0 Å². The molecule has 2 aromatic rings. The third-order valence-corrected chi connectivity index (χ3v) is 5.45. The normalized spacial score (nSPS) is 15.8. The highest BCUT2D eigenvalue weighted by Crippen LogP contribution is 2.27. The molecule has 0 amide bonds. The summed E-state index contributed by atoms with van der Waals surface area (Å²) >= 11 is 0. The van der Waals surface area contributed by atoms with Crippen LogP contribution >= 0.6 is 0 Å². The summed E-state index contributed by atoms with van der Waals surface area (Å²) in [5.74, 6) is 0.680. The van der Waals surface area contributed by atoms with E-state index in [9.17, 15) is 0 Å². The van der Waals surface area contributed by atoms with Crippen molar-refractivity contribution in [3.63, 3.8) is 0 Å². The van der Waals surface area contributed by atoms with Crippen LogP contribution in [-0.4, -0.2) is 30.6 Å². The number of nitrogens with zero attached hydrogens (tertiary/aromatic N) is 2. The molecule has 0 atom stereocenters. The number of rotatable bonds is 6. The van der Waals surface area contributed by atoms with Crippen LogP contribution in [0, 0.1) is 19.4 Å². The minimum atomic E-state index is 0.652. The molecule has 1 fully saturated rings. The van der Waals surface area contributed by atoms with Gasteiger partial charge in [-0.25, -0.2) is 4.85 Å². The first-order valence-corrected chi connectivity index (χ1v) is 9.95. The van der Waals surface area contributed by atoms with E-state index in [-0.39, 0.29) is 0 Å². The van der Waals surface area contributed by atoms with Crippen molar-refractivity contribution in [1.82, 2.24) is 4.90 Å². The van der Waals surface area contributed by atoms with Crippen LogP contribution in [0.1, 0.15) is 37.8 Å². The van der Waals surface area contributed by atoms with Gasteiger partial charge in [0.2, 0.25) is 0 Å². The van der Waals surface area contributed by atoms with Crippen molar-refractivity contribution in [2.45, 2.75) is 46.3 Å². The second-order valence-electron chi connectivity index (χ2n) is 7.96. The Hall–Kier alpha value is -2.15. The quantitative estimate of drug-likeness (QED) is 0.600. The van der Waals surface area contributed by atoms with Crippen LogP contribution in [-0.2, 0) is 11.3 Å². The fraction of sp³-hybridized carbons (Fsp3) is 0.458. The van der Waals surface area contributed by atoms with Crippen LogP contribution in [0.2, 0.25) is 0 Å². The zero-order chi connectivity index (χ0) is 19.2. The fourth-order valence-corrected chi connectivity index (χ4v) is 3.85. The number of aryl methyl sites for hydroxylation is 1. The molecule has 3 rings (SSSR count). The highest BCUT2D eigenvalue weighted by molar-refractivity contribution is 5.69. The molecule has 0 aromatic heterocycles. The lowest BCUT2D eigenvalue weighted by Gasteiger charge is -2.34. The highest BCUT2D eigenvalue weighted by atomic mass is 16.5. The molecule has 0 radical (unpaired) electrons. The van der Waals surface area contributed by atoms with Crippen LogP contribution in [0.3, 0.4) is 0 Å². The van der Waals surface area contributed by atoms with Crippen LogP contribution in [0.15, 0.2) is 42.5 Å². The van der Waals surface area contributed by atoms with Crippen LogP contribution in [0.25, 0.3) is 16.0 Å². The highest BCUT2D eigenvalue weighted by Gasteiger charge is 2.20. The van der Waals surface area contributed by atoms with Crippen molar-refractivity contribution in [3.05, 3.63) is 65.0 Å². The molecule has 0 saturated carbocycles. The van der Waals surface area contributed by atoms with Gasteiger partial charge in [0.25, 0.3) is 0 Å². The second kappa shape index (κ2) is 9.17. The summed E-state index contributed by atoms with van der Waals surface area (Å²) in [5.41, 5.74) is 5.36. The van der Waals surface area contributed by atoms with Gasteiger partial charge >= 0.3 is 0 Å². The first kappa shape index (κ1) is 19.6. The maximum atomic E-state index is 7.21. The maximum Gasteiger partial charge on any atom is 0.187 e. The summed E-state index contributed by atoms with van der Waals surface area (Å²) in [5, 5.41) is 0. The van der Waals surface area contributed by atoms with E-state index in [2.05, 4.69) is 54.8 Å². The van der Waals surface area contributed by atoms with Crippen molar-refractivity contribution in [1.29, 1.82) is 0 Å². The first-order valence-electron chi connectivity index (χ1n) is 9.95. The second-order valence-corrected chi connectivity index (χ2v) is 7.96. The monoisotopic (exact) mass is 362 g/mol. The molecule has 0 bridgehead atoms. The zero-order valence-electron chi connectivity index (χ0n) is 16.7. The molecule has 2 aromatic carbocycles. The predicted molar refractivity (Wildman–Crippen MR) is 112 cm³/mol. The average Bonchev–Trinajstić information content (AvgIpc) is 2.68. The van der Waals surface area contributed by atoms with E-state index >= 15 is 0 Å². The molecule has 0 spiro atoms. The SMILES string of the molecule is [C-]#[N+]c1cccc(-c2cc(C)cc(COCC3CCN(C(C)C)CC3)c2)c1. The molecule has 1 aliphatic heterocycles. The Labute approximate surface area is 163 Å². The van der Waals surface area contributed by atoms with E-state index in [1.807, 2.05) is 18.2 Å². The Kier molecular flexibility index (Phi) is 6.66. The Morgan fingerprint density at radius 2 is 1.89 bits per heavy atom. The minimum absolute atomic E-state index is 0.652. The van der Waals surface area contributed by atoms with E-state index < -0.39 is 0 Å². The van der Waals surface area contributed by atoms with Crippen LogP contribution in [0.4, 0.5) is 5.69 Å². The fourth-order valence-electron chi connectivity index (χ4n) is 3.85. The molecule has 1 saturated heterocycles. The van der Waals surface area contributed by atoms with Crippen molar-refractivity contribution in [2.75, 3.05) is 19.7 Å². The molecule has 142 valence electrons. The minimum Gasteiger partial charge on any atom is -0.376 e. The number of ether oxygens (including phenoxy) is 1. The van der Waals surface area contributed by atoms with Crippen LogP contribution in [0.5, 0.6) is 0 Å². The lowest BCUT2D eigenvalue weighted by molar-refractivity contribution is 0.0513. The number of hydrogen-bond donors (Lipinski definition) is 0. The third-order valence-electron chi connectivity index (χ3n) is 5.45. The lowest BCUT2D eigenvalue weighted by Crippen LogP contribution is -2.39. The predicted octanol–water partition coefficient (Wildman–Crippen LogP) is 5.85. The summed E-state index contributed by atoms with van der Waals surface area (Å²) in [6.07, 6.45) is 2.47. The Balaban J connectivity index is 1.58. The van der Waals surface area contributed by atoms with E-state index in [0.717, 1.165) is 17.7 Å². The maximum absolute atomic E-state index is 7.21.